The molecular weight excluding hydrogens is 407 g/mol. The van der Waals surface area contributed by atoms with E-state index in [4.69, 9.17) is 23.2 Å². The van der Waals surface area contributed by atoms with Crippen LogP contribution in [0.15, 0.2) is 66.7 Å². The molecule has 6 heteroatoms. The molecule has 0 aliphatic carbocycles. The average molecular weight is 425 g/mol. The van der Waals surface area contributed by atoms with Crippen molar-refractivity contribution >= 4 is 46.4 Å². The number of carbonyl (C=O) groups excluding carboxylic acids is 2. The first-order valence-corrected chi connectivity index (χ1v) is 10.0. The number of carbonyl (C=O) groups is 2. The number of amides is 2. The molecule has 0 spiro atoms. The number of benzene rings is 3. The Labute approximate surface area is 179 Å². The molecule has 0 bridgehead atoms. The number of nitrogens with one attached hydrogen (secondary N) is 1. The van der Waals surface area contributed by atoms with Crippen molar-refractivity contribution in [2.75, 3.05) is 16.8 Å². The summed E-state index contributed by atoms with van der Waals surface area (Å²) in [6, 6.07) is 19.6. The molecule has 146 valence electrons. The maximum atomic E-state index is 12.9. The Balaban J connectivity index is 1.58. The largest absolute Gasteiger partial charge is 0.322 e. The van der Waals surface area contributed by atoms with E-state index in [1.165, 1.54) is 6.07 Å². The van der Waals surface area contributed by atoms with E-state index in [1.807, 2.05) is 42.5 Å². The van der Waals surface area contributed by atoms with Gasteiger partial charge in [-0.1, -0.05) is 41.4 Å². The summed E-state index contributed by atoms with van der Waals surface area (Å²) in [5.74, 6) is -0.348. The van der Waals surface area contributed by atoms with Crippen LogP contribution in [0.3, 0.4) is 0 Å². The molecule has 0 fully saturated rings. The molecule has 0 atom stereocenters. The third-order valence-electron chi connectivity index (χ3n) is 4.89. The fraction of sp³-hybridized carbons (Fsp3) is 0.130. The number of aryl methyl sites for hydroxylation is 1. The molecule has 4 nitrogen and oxygen atoms in total. The normalized spacial score (nSPS) is 13.0. The van der Waals surface area contributed by atoms with Crippen molar-refractivity contribution in [3.8, 4) is 0 Å². The fourth-order valence-electron chi connectivity index (χ4n) is 3.49. The van der Waals surface area contributed by atoms with Crippen LogP contribution in [0.25, 0.3) is 0 Å². The molecule has 29 heavy (non-hydrogen) atoms. The first-order valence-electron chi connectivity index (χ1n) is 9.29. The Morgan fingerprint density at radius 1 is 0.931 bits per heavy atom. The number of hydrogen-bond acceptors (Lipinski definition) is 2. The summed E-state index contributed by atoms with van der Waals surface area (Å²) in [5.41, 5.74) is 3.53. The number of rotatable bonds is 3. The van der Waals surface area contributed by atoms with Gasteiger partial charge in [-0.15, -0.1) is 0 Å². The zero-order valence-corrected chi connectivity index (χ0v) is 17.0. The lowest BCUT2D eigenvalue weighted by atomic mass is 10.00. The van der Waals surface area contributed by atoms with Crippen LogP contribution in [0.1, 0.15) is 32.7 Å². The van der Waals surface area contributed by atoms with Gasteiger partial charge in [-0.05, 0) is 66.9 Å². The Morgan fingerprint density at radius 3 is 2.52 bits per heavy atom. The predicted octanol–water partition coefficient (Wildman–Crippen LogP) is 5.84. The van der Waals surface area contributed by atoms with Crippen LogP contribution >= 0.6 is 23.2 Å². The van der Waals surface area contributed by atoms with Crippen LogP contribution in [0.5, 0.6) is 0 Å². The molecular formula is C23H18Cl2N2O2. The summed E-state index contributed by atoms with van der Waals surface area (Å²) >= 11 is 12.1. The molecule has 0 radical (unpaired) electrons. The van der Waals surface area contributed by atoms with Crippen molar-refractivity contribution in [1.29, 1.82) is 0 Å². The lowest BCUT2D eigenvalue weighted by molar-refractivity contribution is 0.0983. The maximum absolute atomic E-state index is 12.9. The van der Waals surface area contributed by atoms with Crippen LogP contribution in [0, 0.1) is 0 Å². The lowest BCUT2D eigenvalue weighted by Crippen LogP contribution is -2.35. The Morgan fingerprint density at radius 2 is 1.72 bits per heavy atom. The van der Waals surface area contributed by atoms with Crippen molar-refractivity contribution in [3.05, 3.63) is 93.5 Å². The van der Waals surface area contributed by atoms with E-state index >= 15 is 0 Å². The first-order chi connectivity index (χ1) is 14.0. The summed E-state index contributed by atoms with van der Waals surface area (Å²) in [7, 11) is 0. The van der Waals surface area contributed by atoms with Gasteiger partial charge in [-0.2, -0.15) is 0 Å². The van der Waals surface area contributed by atoms with E-state index < -0.39 is 0 Å². The number of halogens is 2. The van der Waals surface area contributed by atoms with Crippen LogP contribution < -0.4 is 10.2 Å². The molecule has 1 heterocycles. The minimum Gasteiger partial charge on any atom is -0.322 e. The van der Waals surface area contributed by atoms with E-state index in [0.717, 1.165) is 24.1 Å². The smallest absolute Gasteiger partial charge is 0.258 e. The Kier molecular flexibility index (Phi) is 5.56. The third-order valence-corrected chi connectivity index (χ3v) is 5.46. The van der Waals surface area contributed by atoms with Gasteiger partial charge in [0.1, 0.15) is 0 Å². The van der Waals surface area contributed by atoms with E-state index in [-0.39, 0.29) is 11.8 Å². The molecule has 0 saturated carbocycles. The average Bonchev–Trinajstić information content (AvgIpc) is 2.75. The lowest BCUT2D eigenvalue weighted by Gasteiger charge is -2.30. The maximum Gasteiger partial charge on any atom is 0.258 e. The molecule has 1 aliphatic heterocycles. The van der Waals surface area contributed by atoms with Crippen molar-refractivity contribution in [2.24, 2.45) is 0 Å². The topological polar surface area (TPSA) is 49.4 Å². The molecule has 1 N–H and O–H groups in total. The Bertz CT molecular complexity index is 1080. The summed E-state index contributed by atoms with van der Waals surface area (Å²) in [6.45, 7) is 0.671. The zero-order chi connectivity index (χ0) is 20.4. The summed E-state index contributed by atoms with van der Waals surface area (Å²) < 4.78 is 0. The fourth-order valence-corrected chi connectivity index (χ4v) is 3.87. The van der Waals surface area contributed by atoms with Gasteiger partial charge in [0.05, 0.1) is 10.6 Å². The van der Waals surface area contributed by atoms with E-state index in [9.17, 15) is 9.59 Å². The highest BCUT2D eigenvalue weighted by Crippen LogP contribution is 2.31. The number of hydrogen-bond donors (Lipinski definition) is 1. The van der Waals surface area contributed by atoms with Crippen molar-refractivity contribution in [3.63, 3.8) is 0 Å². The zero-order valence-electron chi connectivity index (χ0n) is 15.5. The highest BCUT2D eigenvalue weighted by atomic mass is 35.5. The minimum atomic E-state index is -0.328. The van der Waals surface area contributed by atoms with Crippen LogP contribution in [-0.4, -0.2) is 18.4 Å². The van der Waals surface area contributed by atoms with E-state index in [0.29, 0.717) is 33.4 Å². The summed E-state index contributed by atoms with van der Waals surface area (Å²) in [6.07, 6.45) is 1.71. The third kappa shape index (κ3) is 4.14. The van der Waals surface area contributed by atoms with Gasteiger partial charge in [0, 0.05) is 28.5 Å². The molecule has 0 unspecified atom stereocenters. The molecule has 3 aromatic rings. The molecule has 4 rings (SSSR count). The molecule has 2 amide bonds. The van der Waals surface area contributed by atoms with Gasteiger partial charge < -0.3 is 10.2 Å². The quantitative estimate of drug-likeness (QED) is 0.573. The molecule has 3 aromatic carbocycles. The van der Waals surface area contributed by atoms with Crippen LogP contribution in [-0.2, 0) is 6.42 Å². The summed E-state index contributed by atoms with van der Waals surface area (Å²) in [4.78, 5) is 27.3. The highest BCUT2D eigenvalue weighted by molar-refractivity contribution is 6.36. The molecule has 0 aromatic heterocycles. The van der Waals surface area contributed by atoms with Gasteiger partial charge >= 0.3 is 0 Å². The Hall–Kier alpha value is -2.82. The number of fused-ring (bicyclic) bond motifs is 1. The summed E-state index contributed by atoms with van der Waals surface area (Å²) in [5, 5.41) is 3.65. The second kappa shape index (κ2) is 8.27. The molecule has 0 saturated heterocycles. The van der Waals surface area contributed by atoms with Gasteiger partial charge in [-0.3, -0.25) is 9.59 Å². The number of anilines is 2. The standard InChI is InChI=1S/C23H18Cl2N2O2/c24-17-8-10-20(25)19(14-17)22(28)26-18-9-11-21-16(13-18)7-4-12-27(21)23(29)15-5-2-1-3-6-15/h1-3,5-6,8-11,13-14H,4,7,12H2,(H,26,28). The van der Waals surface area contributed by atoms with E-state index in [2.05, 4.69) is 5.32 Å². The van der Waals surface area contributed by atoms with Crippen molar-refractivity contribution in [1.82, 2.24) is 0 Å². The van der Waals surface area contributed by atoms with Crippen LogP contribution in [0.2, 0.25) is 10.0 Å². The van der Waals surface area contributed by atoms with Gasteiger partial charge in [0.15, 0.2) is 0 Å². The van der Waals surface area contributed by atoms with Gasteiger partial charge in [0.2, 0.25) is 0 Å². The monoisotopic (exact) mass is 424 g/mol. The molecule has 1 aliphatic rings. The van der Waals surface area contributed by atoms with Crippen molar-refractivity contribution < 1.29 is 9.59 Å². The van der Waals surface area contributed by atoms with Gasteiger partial charge in [0.25, 0.3) is 11.8 Å². The number of nitrogens with zero attached hydrogens (tertiary/aromatic N) is 1. The predicted molar refractivity (Wildman–Crippen MR) is 117 cm³/mol. The SMILES string of the molecule is O=C(Nc1ccc2c(c1)CCCN2C(=O)c1ccccc1)c1cc(Cl)ccc1Cl. The highest BCUT2D eigenvalue weighted by Gasteiger charge is 2.24. The van der Waals surface area contributed by atoms with Crippen molar-refractivity contribution in [2.45, 2.75) is 12.8 Å². The van der Waals surface area contributed by atoms with Gasteiger partial charge in [-0.25, -0.2) is 0 Å². The second-order valence-electron chi connectivity index (χ2n) is 6.85. The van der Waals surface area contributed by atoms with E-state index in [1.54, 1.807) is 23.1 Å². The van der Waals surface area contributed by atoms with Crippen LogP contribution in [0.4, 0.5) is 11.4 Å². The first kappa shape index (κ1) is 19.5. The second-order valence-corrected chi connectivity index (χ2v) is 7.69. The minimum absolute atomic E-state index is 0.0194.